The zero-order valence-electron chi connectivity index (χ0n) is 16.4. The third-order valence-electron chi connectivity index (χ3n) is 4.66. The van der Waals surface area contributed by atoms with Crippen LogP contribution >= 0.6 is 12.4 Å². The number of nitrogens with two attached hydrogens (primary N) is 1. The van der Waals surface area contributed by atoms with Crippen LogP contribution in [0.15, 0.2) is 70.4 Å². The van der Waals surface area contributed by atoms with Gasteiger partial charge in [0.05, 0.1) is 23.5 Å². The second-order valence-electron chi connectivity index (χ2n) is 6.66. The molecule has 0 aliphatic heterocycles. The van der Waals surface area contributed by atoms with Gasteiger partial charge in [-0.05, 0) is 47.4 Å². The Morgan fingerprint density at radius 3 is 2.43 bits per heavy atom. The molecule has 3 aromatic rings. The van der Waals surface area contributed by atoms with Crippen LogP contribution in [0.5, 0.6) is 0 Å². The van der Waals surface area contributed by atoms with Crippen molar-refractivity contribution < 1.29 is 12.8 Å². The van der Waals surface area contributed by atoms with Crippen molar-refractivity contribution in [3.05, 3.63) is 76.7 Å². The van der Waals surface area contributed by atoms with Gasteiger partial charge in [-0.15, -0.1) is 12.4 Å². The standard InChI is InChI=1S/C20H21FN4O3S.ClH/c1-14-18(16-6-8-17(9-7-16)29(2,27)28)4-3-5-19(14)24-13-23-25(20(24)26)12-15(10-21)11-22;/h3-10,13H,11-12,22H2,1-2H3;1H/b15-10+;. The fourth-order valence-electron chi connectivity index (χ4n) is 3.03. The van der Waals surface area contributed by atoms with Crippen LogP contribution in [0.25, 0.3) is 16.8 Å². The summed E-state index contributed by atoms with van der Waals surface area (Å²) in [6, 6.07) is 12.0. The maximum Gasteiger partial charge on any atom is 0.350 e. The zero-order chi connectivity index (χ0) is 21.2. The van der Waals surface area contributed by atoms with Crippen LogP contribution in [0.4, 0.5) is 4.39 Å². The molecule has 0 aliphatic carbocycles. The van der Waals surface area contributed by atoms with Crippen molar-refractivity contribution >= 4 is 22.2 Å². The molecule has 1 aromatic heterocycles. The molecular weight excluding hydrogens is 431 g/mol. The van der Waals surface area contributed by atoms with E-state index in [0.717, 1.165) is 27.6 Å². The molecule has 7 nitrogen and oxygen atoms in total. The summed E-state index contributed by atoms with van der Waals surface area (Å²) in [5.74, 6) is 0. The molecule has 0 amide bonds. The molecule has 10 heteroatoms. The first kappa shape index (κ1) is 23.5. The van der Waals surface area contributed by atoms with E-state index in [4.69, 9.17) is 5.73 Å². The van der Waals surface area contributed by atoms with Gasteiger partial charge in [-0.25, -0.2) is 26.9 Å². The van der Waals surface area contributed by atoms with Crippen molar-refractivity contribution in [1.82, 2.24) is 14.3 Å². The Labute approximate surface area is 180 Å². The Morgan fingerprint density at radius 1 is 1.20 bits per heavy atom. The predicted molar refractivity (Wildman–Crippen MR) is 117 cm³/mol. The predicted octanol–water partition coefficient (Wildman–Crippen LogP) is 2.65. The van der Waals surface area contributed by atoms with Gasteiger partial charge in [-0.1, -0.05) is 24.3 Å². The first-order valence-electron chi connectivity index (χ1n) is 8.79. The lowest BCUT2D eigenvalue weighted by molar-refractivity contribution is 0.602. The van der Waals surface area contributed by atoms with E-state index in [1.807, 2.05) is 13.0 Å². The normalized spacial score (nSPS) is 11.9. The molecular formula is C20H22ClFN4O3S. The Balaban J connectivity index is 0.00000320. The number of benzene rings is 2. The van der Waals surface area contributed by atoms with Crippen molar-refractivity contribution in [2.45, 2.75) is 18.4 Å². The SMILES string of the molecule is Cc1c(-c2ccc(S(C)(=O)=O)cc2)cccc1-n1cnn(C/C(=C/F)CN)c1=O.Cl. The summed E-state index contributed by atoms with van der Waals surface area (Å²) in [7, 11) is -3.28. The highest BCUT2D eigenvalue weighted by molar-refractivity contribution is 7.90. The molecule has 0 bridgehead atoms. The fourth-order valence-corrected chi connectivity index (χ4v) is 3.66. The second-order valence-corrected chi connectivity index (χ2v) is 8.67. The van der Waals surface area contributed by atoms with E-state index in [9.17, 15) is 17.6 Å². The van der Waals surface area contributed by atoms with Crippen molar-refractivity contribution in [2.24, 2.45) is 5.73 Å². The van der Waals surface area contributed by atoms with Gasteiger partial charge < -0.3 is 5.73 Å². The smallest absolute Gasteiger partial charge is 0.327 e. The molecule has 3 rings (SSSR count). The Kier molecular flexibility index (Phi) is 7.35. The molecule has 0 saturated heterocycles. The first-order chi connectivity index (χ1) is 13.8. The summed E-state index contributed by atoms with van der Waals surface area (Å²) in [6.07, 6.45) is 2.93. The van der Waals surface area contributed by atoms with Crippen LogP contribution < -0.4 is 11.4 Å². The Bertz CT molecular complexity index is 1230. The maximum atomic E-state index is 12.8. The lowest BCUT2D eigenvalue weighted by atomic mass is 9.99. The molecule has 0 aliphatic rings. The average molecular weight is 453 g/mol. The zero-order valence-corrected chi connectivity index (χ0v) is 18.1. The van der Waals surface area contributed by atoms with Gasteiger partial charge in [0.25, 0.3) is 0 Å². The monoisotopic (exact) mass is 452 g/mol. The van der Waals surface area contributed by atoms with E-state index in [0.29, 0.717) is 12.0 Å². The van der Waals surface area contributed by atoms with Gasteiger partial charge in [-0.2, -0.15) is 5.10 Å². The van der Waals surface area contributed by atoms with Crippen LogP contribution in [-0.4, -0.2) is 35.6 Å². The quantitative estimate of drug-likeness (QED) is 0.619. The Morgan fingerprint density at radius 2 is 1.87 bits per heavy atom. The van der Waals surface area contributed by atoms with Gasteiger partial charge in [0.2, 0.25) is 0 Å². The molecule has 0 atom stereocenters. The number of hydrogen-bond acceptors (Lipinski definition) is 5. The van der Waals surface area contributed by atoms with E-state index in [1.54, 1.807) is 36.4 Å². The van der Waals surface area contributed by atoms with Gasteiger partial charge in [-0.3, -0.25) is 0 Å². The second kappa shape index (κ2) is 9.38. The van der Waals surface area contributed by atoms with E-state index in [-0.39, 0.29) is 36.0 Å². The third kappa shape index (κ3) is 4.69. The fraction of sp³-hybridized carbons (Fsp3) is 0.200. The first-order valence-corrected chi connectivity index (χ1v) is 10.7. The molecule has 0 fully saturated rings. The number of aromatic nitrogens is 3. The summed E-state index contributed by atoms with van der Waals surface area (Å²) < 4.78 is 38.6. The summed E-state index contributed by atoms with van der Waals surface area (Å²) >= 11 is 0. The van der Waals surface area contributed by atoms with Gasteiger partial charge >= 0.3 is 5.69 Å². The van der Waals surface area contributed by atoms with Gasteiger partial charge in [0.15, 0.2) is 9.84 Å². The number of hydrogen-bond donors (Lipinski definition) is 1. The van der Waals surface area contributed by atoms with Gasteiger partial charge in [0, 0.05) is 12.8 Å². The minimum absolute atomic E-state index is 0. The third-order valence-corrected chi connectivity index (χ3v) is 5.79. The summed E-state index contributed by atoms with van der Waals surface area (Å²) in [6.45, 7) is 1.84. The molecule has 0 saturated carbocycles. The van der Waals surface area contributed by atoms with E-state index < -0.39 is 15.5 Å². The van der Waals surface area contributed by atoms with Crippen LogP contribution in [0.3, 0.4) is 0 Å². The molecule has 0 radical (unpaired) electrons. The largest absolute Gasteiger partial charge is 0.350 e. The topological polar surface area (TPSA) is 100.0 Å². The highest BCUT2D eigenvalue weighted by Crippen LogP contribution is 2.28. The molecule has 2 aromatic carbocycles. The highest BCUT2D eigenvalue weighted by Gasteiger charge is 2.14. The van der Waals surface area contributed by atoms with Crippen LogP contribution in [0.1, 0.15) is 5.56 Å². The lowest BCUT2D eigenvalue weighted by Gasteiger charge is -2.12. The molecule has 1 heterocycles. The minimum Gasteiger partial charge on any atom is -0.327 e. The number of halogens is 2. The van der Waals surface area contributed by atoms with E-state index >= 15 is 0 Å². The average Bonchev–Trinajstić information content (AvgIpc) is 3.06. The maximum absolute atomic E-state index is 12.8. The summed E-state index contributed by atoms with van der Waals surface area (Å²) in [5.41, 5.74) is 8.42. The Hall–Kier alpha value is -2.75. The number of rotatable bonds is 6. The van der Waals surface area contributed by atoms with Crippen molar-refractivity contribution in [1.29, 1.82) is 0 Å². The van der Waals surface area contributed by atoms with Crippen molar-refractivity contribution in [2.75, 3.05) is 12.8 Å². The van der Waals surface area contributed by atoms with E-state index in [2.05, 4.69) is 5.10 Å². The van der Waals surface area contributed by atoms with Crippen LogP contribution in [-0.2, 0) is 16.4 Å². The molecule has 30 heavy (non-hydrogen) atoms. The molecule has 0 unspecified atom stereocenters. The number of nitrogens with zero attached hydrogens (tertiary/aromatic N) is 3. The van der Waals surface area contributed by atoms with Crippen molar-refractivity contribution in [3.63, 3.8) is 0 Å². The highest BCUT2D eigenvalue weighted by atomic mass is 35.5. The van der Waals surface area contributed by atoms with Gasteiger partial charge in [0.1, 0.15) is 6.33 Å². The van der Waals surface area contributed by atoms with E-state index in [1.165, 1.54) is 10.9 Å². The number of sulfone groups is 1. The summed E-state index contributed by atoms with van der Waals surface area (Å²) in [4.78, 5) is 12.9. The van der Waals surface area contributed by atoms with Crippen LogP contribution in [0, 0.1) is 6.92 Å². The van der Waals surface area contributed by atoms with Crippen molar-refractivity contribution in [3.8, 4) is 16.8 Å². The molecule has 0 spiro atoms. The minimum atomic E-state index is -3.28. The lowest BCUT2D eigenvalue weighted by Crippen LogP contribution is -2.26. The molecule has 160 valence electrons. The summed E-state index contributed by atoms with van der Waals surface area (Å²) in [5, 5.41) is 4.05. The molecule has 2 N–H and O–H groups in total. The van der Waals surface area contributed by atoms with Crippen LogP contribution in [0.2, 0.25) is 0 Å².